The van der Waals surface area contributed by atoms with E-state index < -0.39 is 0 Å². The smallest absolute Gasteiger partial charge is 0.0223 e. The van der Waals surface area contributed by atoms with E-state index in [9.17, 15) is 0 Å². The number of hydrogen-bond acceptors (Lipinski definition) is 3. The zero-order chi connectivity index (χ0) is 12.1. The molecule has 2 fully saturated rings. The highest BCUT2D eigenvalue weighted by Gasteiger charge is 2.29. The first-order valence-corrected chi connectivity index (χ1v) is 7.50. The van der Waals surface area contributed by atoms with Crippen LogP contribution in [0.3, 0.4) is 0 Å². The molecule has 0 spiro atoms. The maximum Gasteiger partial charge on any atom is 0.0223 e. The number of fused-ring (bicyclic) bond motifs is 1. The van der Waals surface area contributed by atoms with Crippen LogP contribution in [0, 0.1) is 5.92 Å². The Bertz CT molecular complexity index is 218. The Hall–Kier alpha value is -0.120. The summed E-state index contributed by atoms with van der Waals surface area (Å²) in [7, 11) is 0. The van der Waals surface area contributed by atoms with Gasteiger partial charge in [-0.25, -0.2) is 0 Å². The Labute approximate surface area is 106 Å². The van der Waals surface area contributed by atoms with Gasteiger partial charge in [-0.3, -0.25) is 4.90 Å². The van der Waals surface area contributed by atoms with Crippen LogP contribution in [-0.4, -0.2) is 55.1 Å². The number of nitrogens with zero attached hydrogens (tertiary/aromatic N) is 2. The number of hydrogen-bond donors (Lipinski definition) is 1. The first kappa shape index (κ1) is 13.3. The van der Waals surface area contributed by atoms with Crippen LogP contribution in [0.4, 0.5) is 0 Å². The van der Waals surface area contributed by atoms with Crippen molar-refractivity contribution >= 4 is 0 Å². The van der Waals surface area contributed by atoms with E-state index in [-0.39, 0.29) is 0 Å². The average Bonchev–Trinajstić information content (AvgIpc) is 2.38. The highest BCUT2D eigenvalue weighted by molar-refractivity contribution is 4.85. The van der Waals surface area contributed by atoms with Crippen molar-refractivity contribution in [2.75, 3.05) is 39.3 Å². The van der Waals surface area contributed by atoms with E-state index in [1.54, 1.807) is 0 Å². The molecule has 0 aromatic carbocycles. The number of nitrogens with two attached hydrogens (primary N) is 1. The van der Waals surface area contributed by atoms with Crippen LogP contribution in [0.25, 0.3) is 0 Å². The molecule has 0 saturated carbocycles. The van der Waals surface area contributed by atoms with Gasteiger partial charge in [0.25, 0.3) is 0 Å². The van der Waals surface area contributed by atoms with Crippen molar-refractivity contribution in [1.29, 1.82) is 0 Å². The first-order valence-electron chi connectivity index (χ1n) is 7.50. The lowest BCUT2D eigenvalue weighted by Gasteiger charge is -2.44. The van der Waals surface area contributed by atoms with Gasteiger partial charge in [-0.05, 0) is 38.3 Å². The third kappa shape index (κ3) is 3.67. The molecule has 0 aliphatic carbocycles. The van der Waals surface area contributed by atoms with Crippen molar-refractivity contribution in [1.82, 2.24) is 9.80 Å². The van der Waals surface area contributed by atoms with Crippen molar-refractivity contribution in [3.05, 3.63) is 0 Å². The van der Waals surface area contributed by atoms with E-state index in [4.69, 9.17) is 5.73 Å². The maximum atomic E-state index is 5.87. The van der Waals surface area contributed by atoms with Gasteiger partial charge >= 0.3 is 0 Å². The largest absolute Gasteiger partial charge is 0.330 e. The minimum atomic E-state index is 0.718. The van der Waals surface area contributed by atoms with Gasteiger partial charge in [-0.1, -0.05) is 19.8 Å². The second-order valence-corrected chi connectivity index (χ2v) is 5.84. The summed E-state index contributed by atoms with van der Waals surface area (Å²) in [5, 5.41) is 0. The second-order valence-electron chi connectivity index (χ2n) is 5.84. The summed E-state index contributed by atoms with van der Waals surface area (Å²) >= 11 is 0. The van der Waals surface area contributed by atoms with Crippen molar-refractivity contribution in [3.8, 4) is 0 Å². The predicted octanol–water partition coefficient (Wildman–Crippen LogP) is 1.53. The van der Waals surface area contributed by atoms with Crippen LogP contribution < -0.4 is 5.73 Å². The van der Waals surface area contributed by atoms with Gasteiger partial charge in [0.2, 0.25) is 0 Å². The predicted molar refractivity (Wildman–Crippen MR) is 73.1 cm³/mol. The zero-order valence-corrected chi connectivity index (χ0v) is 11.4. The molecule has 2 rings (SSSR count). The molecular weight excluding hydrogens is 210 g/mol. The highest BCUT2D eigenvalue weighted by Crippen LogP contribution is 2.21. The highest BCUT2D eigenvalue weighted by atomic mass is 15.3. The van der Waals surface area contributed by atoms with Gasteiger partial charge in [0, 0.05) is 32.2 Å². The summed E-state index contributed by atoms with van der Waals surface area (Å²) in [6, 6.07) is 0.845. The van der Waals surface area contributed by atoms with Gasteiger partial charge in [0.1, 0.15) is 0 Å². The van der Waals surface area contributed by atoms with Gasteiger partial charge < -0.3 is 10.6 Å². The molecule has 100 valence electrons. The van der Waals surface area contributed by atoms with Gasteiger partial charge in [0.05, 0.1) is 0 Å². The lowest BCUT2D eigenvalue weighted by molar-refractivity contribution is 0.0416. The number of piperazine rings is 1. The molecule has 0 radical (unpaired) electrons. The molecule has 2 atom stereocenters. The van der Waals surface area contributed by atoms with Crippen molar-refractivity contribution in [3.63, 3.8) is 0 Å². The Balaban J connectivity index is 1.78. The minimum absolute atomic E-state index is 0.718. The molecule has 0 bridgehead atoms. The summed E-state index contributed by atoms with van der Waals surface area (Å²) in [5.41, 5.74) is 5.87. The number of piperidine rings is 1. The third-order valence-corrected chi connectivity index (χ3v) is 4.47. The third-order valence-electron chi connectivity index (χ3n) is 4.47. The Morgan fingerprint density at radius 2 is 2.12 bits per heavy atom. The van der Waals surface area contributed by atoms with E-state index in [1.165, 1.54) is 64.8 Å². The SMILES string of the molecule is CCCC(CN)CN1CCN2CCCCC2C1. The second kappa shape index (κ2) is 6.72. The topological polar surface area (TPSA) is 32.5 Å². The van der Waals surface area contributed by atoms with Gasteiger partial charge in [0.15, 0.2) is 0 Å². The lowest BCUT2D eigenvalue weighted by atomic mass is 9.97. The average molecular weight is 239 g/mol. The molecule has 0 amide bonds. The monoisotopic (exact) mass is 239 g/mol. The zero-order valence-electron chi connectivity index (χ0n) is 11.4. The van der Waals surface area contributed by atoms with Gasteiger partial charge in [-0.2, -0.15) is 0 Å². The van der Waals surface area contributed by atoms with Gasteiger partial charge in [-0.15, -0.1) is 0 Å². The standard InChI is InChI=1S/C14H29N3/c1-2-5-13(10-15)11-16-8-9-17-7-4-3-6-14(17)12-16/h13-14H,2-12,15H2,1H3. The first-order chi connectivity index (χ1) is 8.33. The molecule has 2 N–H and O–H groups in total. The molecular formula is C14H29N3. The van der Waals surface area contributed by atoms with E-state index >= 15 is 0 Å². The Kier molecular flexibility index (Phi) is 5.26. The molecule has 3 nitrogen and oxygen atoms in total. The molecule has 0 aromatic heterocycles. The van der Waals surface area contributed by atoms with E-state index in [1.807, 2.05) is 0 Å². The summed E-state index contributed by atoms with van der Waals surface area (Å²) < 4.78 is 0. The van der Waals surface area contributed by atoms with Crippen LogP contribution in [0.15, 0.2) is 0 Å². The summed E-state index contributed by atoms with van der Waals surface area (Å²) in [6.45, 7) is 9.54. The van der Waals surface area contributed by atoms with Crippen LogP contribution in [0.2, 0.25) is 0 Å². The van der Waals surface area contributed by atoms with Crippen LogP contribution >= 0.6 is 0 Å². The van der Waals surface area contributed by atoms with Crippen LogP contribution in [-0.2, 0) is 0 Å². The lowest BCUT2D eigenvalue weighted by Crippen LogP contribution is -2.55. The molecule has 17 heavy (non-hydrogen) atoms. The molecule has 0 aromatic rings. The molecule has 2 aliphatic rings. The summed E-state index contributed by atoms with van der Waals surface area (Å²) in [6.07, 6.45) is 6.83. The summed E-state index contributed by atoms with van der Waals surface area (Å²) in [4.78, 5) is 5.37. The minimum Gasteiger partial charge on any atom is -0.330 e. The van der Waals surface area contributed by atoms with Crippen LogP contribution in [0.5, 0.6) is 0 Å². The molecule has 3 heteroatoms. The van der Waals surface area contributed by atoms with E-state index in [0.29, 0.717) is 0 Å². The Morgan fingerprint density at radius 1 is 1.24 bits per heavy atom. The molecule has 2 unspecified atom stereocenters. The van der Waals surface area contributed by atoms with Crippen molar-refractivity contribution < 1.29 is 0 Å². The summed E-state index contributed by atoms with van der Waals surface area (Å²) in [5.74, 6) is 0.718. The fraction of sp³-hybridized carbons (Fsp3) is 1.00. The van der Waals surface area contributed by atoms with E-state index in [2.05, 4.69) is 16.7 Å². The molecule has 2 heterocycles. The maximum absolute atomic E-state index is 5.87. The quantitative estimate of drug-likeness (QED) is 0.790. The Morgan fingerprint density at radius 3 is 2.88 bits per heavy atom. The van der Waals surface area contributed by atoms with Crippen molar-refractivity contribution in [2.24, 2.45) is 11.7 Å². The van der Waals surface area contributed by atoms with E-state index in [0.717, 1.165) is 18.5 Å². The van der Waals surface area contributed by atoms with Crippen LogP contribution in [0.1, 0.15) is 39.0 Å². The molecule has 2 aliphatic heterocycles. The normalized spacial score (nSPS) is 28.9. The van der Waals surface area contributed by atoms with Crippen molar-refractivity contribution in [2.45, 2.75) is 45.1 Å². The fourth-order valence-electron chi connectivity index (χ4n) is 3.44. The fourth-order valence-corrected chi connectivity index (χ4v) is 3.44. The molecule has 2 saturated heterocycles. The number of rotatable bonds is 5.